The monoisotopic (exact) mass is 318 g/mol. The molecule has 1 aliphatic rings. The molecule has 0 saturated heterocycles. The van der Waals surface area contributed by atoms with E-state index in [1.807, 2.05) is 0 Å². The number of rotatable bonds is 0. The molecule has 1 aliphatic heterocycles. The molecule has 2 unspecified atom stereocenters. The Morgan fingerprint density at radius 2 is 1.60 bits per heavy atom. The normalized spacial score (nSPS) is 33.9. The molecule has 0 N–H and O–H groups in total. The van der Waals surface area contributed by atoms with Gasteiger partial charge in [-0.1, -0.05) is 15.9 Å². The van der Waals surface area contributed by atoms with Gasteiger partial charge < -0.3 is 9.47 Å². The molecular weight excluding hydrogens is 317 g/mol. The number of hydrogen-bond acceptors (Lipinski definition) is 2. The molecule has 0 amide bonds. The van der Waals surface area contributed by atoms with E-state index in [4.69, 9.17) is 23.2 Å². The second-order valence-corrected chi connectivity index (χ2v) is 4.72. The van der Waals surface area contributed by atoms with Gasteiger partial charge in [-0.15, -0.1) is 0 Å². The molecule has 1 heterocycles. The third-order valence-electron chi connectivity index (χ3n) is 1.72. The predicted molar refractivity (Wildman–Crippen MR) is 54.8 cm³/mol. The molecule has 82 valence electrons. The van der Waals surface area contributed by atoms with Gasteiger partial charge in [0.25, 0.3) is 0 Å². The van der Waals surface area contributed by atoms with Crippen LogP contribution >= 0.6 is 39.1 Å². The first kappa shape index (κ1) is 11.2. The molecule has 15 heavy (non-hydrogen) atoms. The van der Waals surface area contributed by atoms with Crippen LogP contribution < -0.4 is 9.47 Å². The van der Waals surface area contributed by atoms with E-state index in [2.05, 4.69) is 25.4 Å². The van der Waals surface area contributed by atoms with Gasteiger partial charge in [-0.25, -0.2) is 0 Å². The van der Waals surface area contributed by atoms with Gasteiger partial charge >= 0.3 is 10.6 Å². The topological polar surface area (TPSA) is 18.5 Å². The van der Waals surface area contributed by atoms with E-state index >= 15 is 0 Å². The number of halogens is 5. The van der Waals surface area contributed by atoms with Crippen molar-refractivity contribution in [2.75, 3.05) is 0 Å². The van der Waals surface area contributed by atoms with E-state index in [1.165, 1.54) is 12.1 Å². The summed E-state index contributed by atoms with van der Waals surface area (Å²) in [6, 6.07) is 4.33. The average Bonchev–Trinajstić information content (AvgIpc) is 2.07. The molecule has 1 aromatic rings. The van der Waals surface area contributed by atoms with E-state index in [9.17, 15) is 8.78 Å². The van der Waals surface area contributed by atoms with Crippen LogP contribution in [-0.2, 0) is 0 Å². The molecule has 0 saturated carbocycles. The van der Waals surface area contributed by atoms with E-state index in [-0.39, 0.29) is 11.5 Å². The largest absolute Gasteiger partial charge is 0.435 e. The zero-order chi connectivity index (χ0) is 11.3. The maximum Gasteiger partial charge on any atom is 0.414 e. The highest BCUT2D eigenvalue weighted by atomic mass is 79.9. The summed E-state index contributed by atoms with van der Waals surface area (Å²) in [7, 11) is 0. The van der Waals surface area contributed by atoms with Gasteiger partial charge in [0.15, 0.2) is 11.5 Å². The lowest BCUT2D eigenvalue weighted by atomic mass is 10.3. The summed E-state index contributed by atoms with van der Waals surface area (Å²) in [5.74, 6) is -0.0552. The lowest BCUT2D eigenvalue weighted by molar-refractivity contribution is -0.180. The van der Waals surface area contributed by atoms with Gasteiger partial charge in [0, 0.05) is 4.47 Å². The van der Waals surface area contributed by atoms with Crippen LogP contribution in [0.1, 0.15) is 0 Å². The first-order chi connectivity index (χ1) is 6.82. The Bertz CT molecular complexity index is 412. The standard InChI is InChI=1S/C8H3BrCl2F2O2/c9-4-1-2-5-6(3-4)15-8(11,13)7(10,12)14-5/h1-3H. The maximum atomic E-state index is 13.4. The second kappa shape index (κ2) is 3.37. The van der Waals surface area contributed by atoms with Gasteiger partial charge in [-0.3, -0.25) is 0 Å². The van der Waals surface area contributed by atoms with Crippen molar-refractivity contribution >= 4 is 39.1 Å². The summed E-state index contributed by atoms with van der Waals surface area (Å²) in [6.45, 7) is 0. The fourth-order valence-corrected chi connectivity index (χ4v) is 1.62. The van der Waals surface area contributed by atoms with Crippen LogP contribution in [0.4, 0.5) is 8.78 Å². The van der Waals surface area contributed by atoms with Crippen molar-refractivity contribution in [2.24, 2.45) is 0 Å². The quantitative estimate of drug-likeness (QED) is 0.674. The van der Waals surface area contributed by atoms with E-state index < -0.39 is 10.6 Å². The fourth-order valence-electron chi connectivity index (χ4n) is 1.04. The zero-order valence-corrected chi connectivity index (χ0v) is 10.0. The summed E-state index contributed by atoms with van der Waals surface area (Å²) in [5, 5.41) is -6.52. The minimum Gasteiger partial charge on any atom is -0.435 e. The van der Waals surface area contributed by atoms with Gasteiger partial charge in [0.05, 0.1) is 0 Å². The SMILES string of the molecule is FC1(Cl)Oc2ccc(Br)cc2OC1(F)Cl. The second-order valence-electron chi connectivity index (χ2n) is 2.83. The minimum atomic E-state index is -3.26. The maximum absolute atomic E-state index is 13.4. The molecule has 0 fully saturated rings. The van der Waals surface area contributed by atoms with Crippen molar-refractivity contribution in [3.63, 3.8) is 0 Å². The zero-order valence-electron chi connectivity index (χ0n) is 6.94. The summed E-state index contributed by atoms with van der Waals surface area (Å²) in [6.07, 6.45) is 0. The van der Waals surface area contributed by atoms with Crippen LogP contribution in [0.2, 0.25) is 0 Å². The Morgan fingerprint density at radius 3 is 2.20 bits per heavy atom. The lowest BCUT2D eigenvalue weighted by Crippen LogP contribution is -2.50. The summed E-state index contributed by atoms with van der Waals surface area (Å²) >= 11 is 13.3. The Morgan fingerprint density at radius 1 is 1.07 bits per heavy atom. The molecule has 0 aromatic heterocycles. The van der Waals surface area contributed by atoms with Crippen LogP contribution in [0, 0.1) is 0 Å². The van der Waals surface area contributed by atoms with Crippen molar-refractivity contribution < 1.29 is 18.3 Å². The molecule has 2 atom stereocenters. The van der Waals surface area contributed by atoms with Crippen molar-refractivity contribution in [3.8, 4) is 11.5 Å². The lowest BCUT2D eigenvalue weighted by Gasteiger charge is -2.34. The third-order valence-corrected chi connectivity index (χ3v) is 2.95. The number of ether oxygens (including phenoxy) is 2. The molecule has 0 radical (unpaired) electrons. The van der Waals surface area contributed by atoms with Crippen molar-refractivity contribution in [3.05, 3.63) is 22.7 Å². The van der Waals surface area contributed by atoms with Crippen molar-refractivity contribution in [1.82, 2.24) is 0 Å². The van der Waals surface area contributed by atoms with Crippen LogP contribution in [-0.4, -0.2) is 10.6 Å². The van der Waals surface area contributed by atoms with E-state index in [0.29, 0.717) is 4.47 Å². The predicted octanol–water partition coefficient (Wildman–Crippen LogP) is 3.94. The van der Waals surface area contributed by atoms with Gasteiger partial charge in [-0.05, 0) is 41.4 Å². The Labute approximate surface area is 102 Å². The Hall–Kier alpha value is -0.260. The van der Waals surface area contributed by atoms with Gasteiger partial charge in [-0.2, -0.15) is 8.78 Å². The smallest absolute Gasteiger partial charge is 0.414 e. The van der Waals surface area contributed by atoms with Crippen LogP contribution in [0.3, 0.4) is 0 Å². The fraction of sp³-hybridized carbons (Fsp3) is 0.250. The van der Waals surface area contributed by atoms with Crippen molar-refractivity contribution in [2.45, 2.75) is 10.6 Å². The molecule has 2 nitrogen and oxygen atoms in total. The van der Waals surface area contributed by atoms with Gasteiger partial charge in [0.1, 0.15) is 0 Å². The van der Waals surface area contributed by atoms with Crippen LogP contribution in [0.5, 0.6) is 11.5 Å². The molecular formula is C8H3BrCl2F2O2. The van der Waals surface area contributed by atoms with Crippen LogP contribution in [0.25, 0.3) is 0 Å². The molecule has 1 aromatic carbocycles. The third kappa shape index (κ3) is 1.88. The highest BCUT2D eigenvalue weighted by Gasteiger charge is 2.60. The molecule has 2 rings (SSSR count). The minimum absolute atomic E-state index is 0.0235. The van der Waals surface area contributed by atoms with Crippen molar-refractivity contribution in [1.29, 1.82) is 0 Å². The van der Waals surface area contributed by atoms with E-state index in [0.717, 1.165) is 0 Å². The molecule has 0 bridgehead atoms. The summed E-state index contributed by atoms with van der Waals surface area (Å²) in [4.78, 5) is 0. The highest BCUT2D eigenvalue weighted by molar-refractivity contribution is 9.10. The number of fused-ring (bicyclic) bond motifs is 1. The highest BCUT2D eigenvalue weighted by Crippen LogP contribution is 2.49. The Kier molecular flexibility index (Phi) is 2.52. The van der Waals surface area contributed by atoms with E-state index in [1.54, 1.807) is 6.07 Å². The number of benzene rings is 1. The van der Waals surface area contributed by atoms with Gasteiger partial charge in [0.2, 0.25) is 0 Å². The van der Waals surface area contributed by atoms with Crippen LogP contribution in [0.15, 0.2) is 22.7 Å². The molecule has 0 spiro atoms. The summed E-state index contributed by atoms with van der Waals surface area (Å²) in [5.41, 5.74) is 0. The first-order valence-electron chi connectivity index (χ1n) is 3.75. The first-order valence-corrected chi connectivity index (χ1v) is 5.30. The number of alkyl halides is 4. The number of hydrogen-bond donors (Lipinski definition) is 0. The Balaban J connectivity index is 2.47. The average molecular weight is 320 g/mol. The molecule has 7 heteroatoms. The molecule has 0 aliphatic carbocycles. The summed E-state index contributed by atoms with van der Waals surface area (Å²) < 4.78 is 36.4.